The van der Waals surface area contributed by atoms with Crippen molar-refractivity contribution in [3.05, 3.63) is 30.3 Å². The molecule has 0 aliphatic carbocycles. The number of hydrogen-bond acceptors (Lipinski definition) is 5. The summed E-state index contributed by atoms with van der Waals surface area (Å²) in [6.07, 6.45) is 0. The third kappa shape index (κ3) is 6.31. The minimum Gasteiger partial charge on any atom is -0.492 e. The molecule has 7 heteroatoms. The Bertz CT molecular complexity index is 530. The lowest BCUT2D eigenvalue weighted by Crippen LogP contribution is -2.46. The van der Waals surface area contributed by atoms with E-state index in [-0.39, 0.29) is 18.4 Å². The van der Waals surface area contributed by atoms with Crippen LogP contribution in [0.5, 0.6) is 5.75 Å². The maximum Gasteiger partial charge on any atom is 0.215 e. The number of hydrogen-bond donors (Lipinski definition) is 1. The van der Waals surface area contributed by atoms with Gasteiger partial charge in [0.05, 0.1) is 19.0 Å². The lowest BCUT2D eigenvalue weighted by atomic mass is 10.3. The number of nitrogens with one attached hydrogen (secondary N) is 1. The van der Waals surface area contributed by atoms with Crippen LogP contribution in [0, 0.1) is 0 Å². The lowest BCUT2D eigenvalue weighted by Gasteiger charge is -2.29. The SMILES string of the molecule is CC(CN1CCOCC1)NS(=O)(=O)CCOc1ccccc1. The van der Waals surface area contributed by atoms with E-state index in [0.29, 0.717) is 25.5 Å². The summed E-state index contributed by atoms with van der Waals surface area (Å²) >= 11 is 0. The predicted octanol–water partition coefficient (Wildman–Crippen LogP) is 0.706. The molecule has 1 saturated heterocycles. The van der Waals surface area contributed by atoms with Gasteiger partial charge in [0.25, 0.3) is 0 Å². The number of benzene rings is 1. The second kappa shape index (κ2) is 8.47. The number of ether oxygens (including phenoxy) is 2. The van der Waals surface area contributed by atoms with E-state index in [1.807, 2.05) is 25.1 Å². The van der Waals surface area contributed by atoms with Crippen LogP contribution in [0.4, 0.5) is 0 Å². The molecule has 22 heavy (non-hydrogen) atoms. The molecule has 0 radical (unpaired) electrons. The van der Waals surface area contributed by atoms with E-state index in [1.165, 1.54) is 0 Å². The Kier molecular flexibility index (Phi) is 6.63. The summed E-state index contributed by atoms with van der Waals surface area (Å²) in [6.45, 7) is 5.85. The molecule has 1 unspecified atom stereocenters. The maximum atomic E-state index is 12.0. The van der Waals surface area contributed by atoms with Gasteiger partial charge < -0.3 is 9.47 Å². The van der Waals surface area contributed by atoms with Crippen LogP contribution in [0.1, 0.15) is 6.92 Å². The summed E-state index contributed by atoms with van der Waals surface area (Å²) < 4.78 is 37.5. The van der Waals surface area contributed by atoms with Crippen LogP contribution in [0.25, 0.3) is 0 Å². The van der Waals surface area contributed by atoms with Crippen molar-refractivity contribution in [1.82, 2.24) is 9.62 Å². The topological polar surface area (TPSA) is 67.9 Å². The van der Waals surface area contributed by atoms with Gasteiger partial charge in [0, 0.05) is 25.7 Å². The Morgan fingerprint density at radius 3 is 2.64 bits per heavy atom. The smallest absolute Gasteiger partial charge is 0.215 e. The van der Waals surface area contributed by atoms with Crippen molar-refractivity contribution < 1.29 is 17.9 Å². The highest BCUT2D eigenvalue weighted by molar-refractivity contribution is 7.89. The van der Waals surface area contributed by atoms with Gasteiger partial charge in [-0.25, -0.2) is 13.1 Å². The first-order valence-corrected chi connectivity index (χ1v) is 9.18. The van der Waals surface area contributed by atoms with Crippen molar-refractivity contribution in [2.45, 2.75) is 13.0 Å². The third-order valence-electron chi connectivity index (χ3n) is 3.38. The first-order valence-electron chi connectivity index (χ1n) is 7.53. The van der Waals surface area contributed by atoms with Gasteiger partial charge >= 0.3 is 0 Å². The average molecular weight is 328 g/mol. The first-order chi connectivity index (χ1) is 10.6. The van der Waals surface area contributed by atoms with E-state index in [0.717, 1.165) is 13.1 Å². The van der Waals surface area contributed by atoms with Crippen molar-refractivity contribution in [1.29, 1.82) is 0 Å². The molecular weight excluding hydrogens is 304 g/mol. The van der Waals surface area contributed by atoms with Gasteiger partial charge in [0.1, 0.15) is 12.4 Å². The molecule has 2 rings (SSSR count). The second-order valence-electron chi connectivity index (χ2n) is 5.41. The van der Waals surface area contributed by atoms with Gasteiger partial charge in [0.15, 0.2) is 0 Å². The number of morpholine rings is 1. The Balaban J connectivity index is 1.70. The highest BCUT2D eigenvalue weighted by Gasteiger charge is 2.18. The minimum absolute atomic E-state index is 0.0463. The lowest BCUT2D eigenvalue weighted by molar-refractivity contribution is 0.0354. The van der Waals surface area contributed by atoms with Crippen molar-refractivity contribution >= 4 is 10.0 Å². The van der Waals surface area contributed by atoms with Crippen LogP contribution in [0.15, 0.2) is 30.3 Å². The Morgan fingerprint density at radius 1 is 1.27 bits per heavy atom. The molecule has 0 saturated carbocycles. The molecule has 1 aliphatic heterocycles. The summed E-state index contributed by atoms with van der Waals surface area (Å²) in [5, 5.41) is 0. The van der Waals surface area contributed by atoms with Crippen LogP contribution in [0.2, 0.25) is 0 Å². The summed E-state index contributed by atoms with van der Waals surface area (Å²) in [5.74, 6) is 0.633. The fourth-order valence-electron chi connectivity index (χ4n) is 2.36. The quantitative estimate of drug-likeness (QED) is 0.761. The van der Waals surface area contributed by atoms with E-state index < -0.39 is 10.0 Å². The molecule has 0 spiro atoms. The molecule has 1 heterocycles. The zero-order valence-electron chi connectivity index (χ0n) is 12.9. The fraction of sp³-hybridized carbons (Fsp3) is 0.600. The highest BCUT2D eigenvalue weighted by Crippen LogP contribution is 2.08. The summed E-state index contributed by atoms with van der Waals surface area (Å²) in [5.41, 5.74) is 0. The summed E-state index contributed by atoms with van der Waals surface area (Å²) in [7, 11) is -3.33. The number of sulfonamides is 1. The van der Waals surface area contributed by atoms with E-state index in [1.54, 1.807) is 12.1 Å². The molecule has 0 amide bonds. The zero-order valence-corrected chi connectivity index (χ0v) is 13.7. The van der Waals surface area contributed by atoms with Crippen molar-refractivity contribution in [3.8, 4) is 5.75 Å². The van der Waals surface area contributed by atoms with Gasteiger partial charge in [0.2, 0.25) is 10.0 Å². The average Bonchev–Trinajstić information content (AvgIpc) is 2.48. The second-order valence-corrected chi connectivity index (χ2v) is 7.29. The summed E-state index contributed by atoms with van der Waals surface area (Å²) in [6, 6.07) is 9.08. The number of nitrogens with zero attached hydrogens (tertiary/aromatic N) is 1. The molecular formula is C15H24N2O4S. The number of rotatable bonds is 8. The van der Waals surface area contributed by atoms with Crippen molar-refractivity contribution in [3.63, 3.8) is 0 Å². The van der Waals surface area contributed by atoms with Crippen molar-refractivity contribution in [2.75, 3.05) is 45.2 Å². The summed E-state index contributed by atoms with van der Waals surface area (Å²) in [4.78, 5) is 2.21. The molecule has 6 nitrogen and oxygen atoms in total. The Hall–Kier alpha value is -1.15. The third-order valence-corrected chi connectivity index (χ3v) is 4.85. The normalized spacial score (nSPS) is 18.0. The maximum absolute atomic E-state index is 12.0. The van der Waals surface area contributed by atoms with Gasteiger partial charge in [-0.2, -0.15) is 0 Å². The van der Waals surface area contributed by atoms with Crippen LogP contribution in [-0.2, 0) is 14.8 Å². The molecule has 124 valence electrons. The predicted molar refractivity (Wildman–Crippen MR) is 85.6 cm³/mol. The molecule has 1 fully saturated rings. The van der Waals surface area contributed by atoms with Gasteiger partial charge in [-0.3, -0.25) is 4.90 Å². The van der Waals surface area contributed by atoms with Crippen molar-refractivity contribution in [2.24, 2.45) is 0 Å². The van der Waals surface area contributed by atoms with Crippen LogP contribution < -0.4 is 9.46 Å². The highest BCUT2D eigenvalue weighted by atomic mass is 32.2. The molecule has 1 aromatic rings. The molecule has 1 atom stereocenters. The monoisotopic (exact) mass is 328 g/mol. The molecule has 1 N–H and O–H groups in total. The zero-order chi connectivity index (χ0) is 15.8. The Morgan fingerprint density at radius 2 is 1.95 bits per heavy atom. The molecule has 1 aliphatic rings. The fourth-order valence-corrected chi connectivity index (χ4v) is 3.47. The van der Waals surface area contributed by atoms with Gasteiger partial charge in [-0.05, 0) is 19.1 Å². The van der Waals surface area contributed by atoms with Gasteiger partial charge in [-0.1, -0.05) is 18.2 Å². The standard InChI is InChI=1S/C15H24N2O4S/c1-14(13-17-7-9-20-10-8-17)16-22(18,19)12-11-21-15-5-3-2-4-6-15/h2-6,14,16H,7-13H2,1H3. The molecule has 0 bridgehead atoms. The molecule has 0 aromatic heterocycles. The van der Waals surface area contributed by atoms with Crippen LogP contribution in [-0.4, -0.2) is 64.6 Å². The van der Waals surface area contributed by atoms with Crippen LogP contribution in [0.3, 0.4) is 0 Å². The molecule has 1 aromatic carbocycles. The minimum atomic E-state index is -3.33. The van der Waals surface area contributed by atoms with E-state index in [9.17, 15) is 8.42 Å². The number of para-hydroxylation sites is 1. The van der Waals surface area contributed by atoms with Crippen LogP contribution >= 0.6 is 0 Å². The first kappa shape index (κ1) is 17.2. The Labute approximate surface area is 132 Å². The van der Waals surface area contributed by atoms with E-state index >= 15 is 0 Å². The van der Waals surface area contributed by atoms with E-state index in [2.05, 4.69) is 9.62 Å². The van der Waals surface area contributed by atoms with Gasteiger partial charge in [-0.15, -0.1) is 0 Å². The van der Waals surface area contributed by atoms with E-state index in [4.69, 9.17) is 9.47 Å². The largest absolute Gasteiger partial charge is 0.492 e.